The number of nitrogen functional groups attached to an aromatic ring is 1. The first-order valence-corrected chi connectivity index (χ1v) is 7.38. The zero-order valence-electron chi connectivity index (χ0n) is 12.4. The second-order valence-corrected chi connectivity index (χ2v) is 5.34. The van der Waals surface area contributed by atoms with Crippen LogP contribution in [0.5, 0.6) is 0 Å². The minimum absolute atomic E-state index is 0.215. The Hall–Kier alpha value is -2.79. The molecule has 2 N–H and O–H groups in total. The Kier molecular flexibility index (Phi) is 4.30. The highest BCUT2D eigenvalue weighted by molar-refractivity contribution is 6.30. The van der Waals surface area contributed by atoms with Gasteiger partial charge in [0.15, 0.2) is 0 Å². The van der Waals surface area contributed by atoms with Gasteiger partial charge < -0.3 is 5.73 Å². The average Bonchev–Trinajstić information content (AvgIpc) is 2.56. The first-order chi connectivity index (χ1) is 11.1. The fraction of sp³-hybridized carbons (Fsp3) is 0.0588. The Morgan fingerprint density at radius 2 is 1.61 bits per heavy atom. The summed E-state index contributed by atoms with van der Waals surface area (Å²) in [4.78, 5) is 8.50. The minimum Gasteiger partial charge on any atom is -0.368 e. The summed E-state index contributed by atoms with van der Waals surface area (Å²) in [6, 6.07) is 16.8. The van der Waals surface area contributed by atoms with Gasteiger partial charge in [-0.15, -0.1) is 5.11 Å². The Morgan fingerprint density at radius 1 is 0.913 bits per heavy atom. The third kappa shape index (κ3) is 3.52. The molecule has 6 heteroatoms. The molecule has 1 aromatic heterocycles. The van der Waals surface area contributed by atoms with Gasteiger partial charge in [0.2, 0.25) is 5.95 Å². The van der Waals surface area contributed by atoms with Crippen LogP contribution in [0.3, 0.4) is 0 Å². The smallest absolute Gasteiger partial charge is 0.220 e. The fourth-order valence-electron chi connectivity index (χ4n) is 2.12. The second-order valence-electron chi connectivity index (χ2n) is 4.91. The third-order valence-corrected chi connectivity index (χ3v) is 3.47. The summed E-state index contributed by atoms with van der Waals surface area (Å²) in [5, 5.41) is 9.22. The SMILES string of the molecule is Cc1nc(N)nc(-c2ccccc2)c1N=Nc1ccc(Cl)cc1. The van der Waals surface area contributed by atoms with Crippen LogP contribution in [0, 0.1) is 6.92 Å². The zero-order chi connectivity index (χ0) is 16.2. The van der Waals surface area contributed by atoms with E-state index in [0.717, 1.165) is 5.56 Å². The van der Waals surface area contributed by atoms with E-state index in [1.807, 2.05) is 37.3 Å². The molecule has 1 heterocycles. The van der Waals surface area contributed by atoms with Crippen LogP contribution in [-0.4, -0.2) is 9.97 Å². The highest BCUT2D eigenvalue weighted by Crippen LogP contribution is 2.32. The van der Waals surface area contributed by atoms with Crippen molar-refractivity contribution in [1.29, 1.82) is 0 Å². The number of aryl methyl sites for hydroxylation is 1. The molecule has 3 rings (SSSR count). The van der Waals surface area contributed by atoms with E-state index in [1.165, 1.54) is 0 Å². The van der Waals surface area contributed by atoms with Crippen molar-refractivity contribution in [3.05, 3.63) is 65.3 Å². The van der Waals surface area contributed by atoms with Gasteiger partial charge in [0, 0.05) is 10.6 Å². The first-order valence-electron chi connectivity index (χ1n) is 7.00. The maximum Gasteiger partial charge on any atom is 0.220 e. The number of nitrogens with zero attached hydrogens (tertiary/aromatic N) is 4. The number of aromatic nitrogens is 2. The largest absolute Gasteiger partial charge is 0.368 e. The maximum absolute atomic E-state index is 5.87. The molecule has 0 radical (unpaired) electrons. The monoisotopic (exact) mass is 323 g/mol. The number of nitrogens with two attached hydrogens (primary N) is 1. The van der Waals surface area contributed by atoms with Crippen molar-refractivity contribution in [2.75, 3.05) is 5.73 Å². The molecule has 5 nitrogen and oxygen atoms in total. The molecule has 0 atom stereocenters. The van der Waals surface area contributed by atoms with Crippen molar-refractivity contribution in [1.82, 2.24) is 9.97 Å². The van der Waals surface area contributed by atoms with Gasteiger partial charge in [-0.3, -0.25) is 0 Å². The second kappa shape index (κ2) is 6.54. The van der Waals surface area contributed by atoms with E-state index >= 15 is 0 Å². The Morgan fingerprint density at radius 3 is 2.30 bits per heavy atom. The van der Waals surface area contributed by atoms with Crippen molar-refractivity contribution in [3.63, 3.8) is 0 Å². The van der Waals surface area contributed by atoms with E-state index in [4.69, 9.17) is 17.3 Å². The molecule has 0 saturated carbocycles. The van der Waals surface area contributed by atoms with Gasteiger partial charge in [-0.1, -0.05) is 41.9 Å². The van der Waals surface area contributed by atoms with E-state index in [2.05, 4.69) is 20.2 Å². The maximum atomic E-state index is 5.87. The van der Waals surface area contributed by atoms with E-state index in [0.29, 0.717) is 27.8 Å². The lowest BCUT2D eigenvalue weighted by atomic mass is 10.1. The van der Waals surface area contributed by atoms with Gasteiger partial charge in [0.1, 0.15) is 11.4 Å². The van der Waals surface area contributed by atoms with E-state index in [1.54, 1.807) is 24.3 Å². The summed E-state index contributed by atoms with van der Waals surface area (Å²) in [6.07, 6.45) is 0. The summed E-state index contributed by atoms with van der Waals surface area (Å²) >= 11 is 5.87. The molecular weight excluding hydrogens is 310 g/mol. The van der Waals surface area contributed by atoms with Crippen LogP contribution in [0.15, 0.2) is 64.8 Å². The summed E-state index contributed by atoms with van der Waals surface area (Å²) in [6.45, 7) is 1.83. The molecular formula is C17H14ClN5. The quantitative estimate of drug-likeness (QED) is 0.681. The standard InChI is InChI=1S/C17H14ClN5/c1-11-15(23-22-14-9-7-13(18)8-10-14)16(21-17(19)20-11)12-5-3-2-4-6-12/h2-10H,1H3,(H2,19,20,21). The zero-order valence-corrected chi connectivity index (χ0v) is 13.2. The summed E-state index contributed by atoms with van der Waals surface area (Å²) < 4.78 is 0. The van der Waals surface area contributed by atoms with Gasteiger partial charge in [-0.2, -0.15) is 5.11 Å². The summed E-state index contributed by atoms with van der Waals surface area (Å²) in [7, 11) is 0. The van der Waals surface area contributed by atoms with Gasteiger partial charge in [-0.05, 0) is 31.2 Å². The van der Waals surface area contributed by atoms with Crippen molar-refractivity contribution in [2.24, 2.45) is 10.2 Å². The van der Waals surface area contributed by atoms with Crippen molar-refractivity contribution in [3.8, 4) is 11.3 Å². The lowest BCUT2D eigenvalue weighted by Crippen LogP contribution is -1.99. The molecule has 0 aliphatic rings. The van der Waals surface area contributed by atoms with E-state index in [9.17, 15) is 0 Å². The third-order valence-electron chi connectivity index (χ3n) is 3.21. The lowest BCUT2D eigenvalue weighted by molar-refractivity contribution is 1.08. The summed E-state index contributed by atoms with van der Waals surface area (Å²) in [5.74, 6) is 0.215. The van der Waals surface area contributed by atoms with Gasteiger partial charge in [-0.25, -0.2) is 9.97 Å². The van der Waals surface area contributed by atoms with Crippen LogP contribution in [0.4, 0.5) is 17.3 Å². The van der Waals surface area contributed by atoms with Crippen LogP contribution in [0.2, 0.25) is 5.02 Å². The molecule has 3 aromatic rings. The highest BCUT2D eigenvalue weighted by atomic mass is 35.5. The number of anilines is 1. The molecule has 23 heavy (non-hydrogen) atoms. The number of benzene rings is 2. The van der Waals surface area contributed by atoms with Crippen molar-refractivity contribution < 1.29 is 0 Å². The van der Waals surface area contributed by atoms with Crippen LogP contribution in [0.1, 0.15) is 5.69 Å². The molecule has 2 aromatic carbocycles. The fourth-order valence-corrected chi connectivity index (χ4v) is 2.25. The van der Waals surface area contributed by atoms with Gasteiger partial charge in [0.05, 0.1) is 11.4 Å². The van der Waals surface area contributed by atoms with Crippen LogP contribution < -0.4 is 5.73 Å². The molecule has 0 bridgehead atoms. The van der Waals surface area contributed by atoms with Crippen LogP contribution in [-0.2, 0) is 0 Å². The number of rotatable bonds is 3. The predicted molar refractivity (Wildman–Crippen MR) is 92.2 cm³/mol. The lowest BCUT2D eigenvalue weighted by Gasteiger charge is -2.07. The van der Waals surface area contributed by atoms with E-state index < -0.39 is 0 Å². The summed E-state index contributed by atoms with van der Waals surface area (Å²) in [5.41, 5.74) is 9.32. The molecule has 0 amide bonds. The van der Waals surface area contributed by atoms with Gasteiger partial charge >= 0.3 is 0 Å². The van der Waals surface area contributed by atoms with E-state index in [-0.39, 0.29) is 5.95 Å². The highest BCUT2D eigenvalue weighted by Gasteiger charge is 2.12. The molecule has 0 spiro atoms. The molecule has 0 aliphatic heterocycles. The minimum atomic E-state index is 0.215. The van der Waals surface area contributed by atoms with Crippen molar-refractivity contribution >= 4 is 28.9 Å². The number of azo groups is 1. The topological polar surface area (TPSA) is 76.5 Å². The van der Waals surface area contributed by atoms with Crippen LogP contribution in [0.25, 0.3) is 11.3 Å². The number of hydrogen-bond acceptors (Lipinski definition) is 5. The molecule has 0 saturated heterocycles. The normalized spacial score (nSPS) is 11.0. The number of hydrogen-bond donors (Lipinski definition) is 1. The Bertz CT molecular complexity index is 845. The molecule has 0 aliphatic carbocycles. The molecule has 0 unspecified atom stereocenters. The molecule has 114 valence electrons. The molecule has 0 fully saturated rings. The van der Waals surface area contributed by atoms with Gasteiger partial charge in [0.25, 0.3) is 0 Å². The first kappa shape index (κ1) is 15.1. The van der Waals surface area contributed by atoms with Crippen LogP contribution >= 0.6 is 11.6 Å². The Labute approximate surface area is 138 Å². The predicted octanol–water partition coefficient (Wildman–Crippen LogP) is 5.10. The Balaban J connectivity index is 2.06. The van der Waals surface area contributed by atoms with Crippen molar-refractivity contribution in [2.45, 2.75) is 6.92 Å². The average molecular weight is 324 g/mol. The number of halogens is 1.